The Morgan fingerprint density at radius 1 is 1.23 bits per heavy atom. The summed E-state index contributed by atoms with van der Waals surface area (Å²) in [5.41, 5.74) is 1.000. The van der Waals surface area contributed by atoms with Crippen molar-refractivity contribution in [2.45, 2.75) is 26.4 Å². The van der Waals surface area contributed by atoms with Crippen molar-refractivity contribution in [1.82, 2.24) is 10.6 Å². The summed E-state index contributed by atoms with van der Waals surface area (Å²) < 4.78 is 15.7. The maximum absolute atomic E-state index is 5.39. The lowest BCUT2D eigenvalue weighted by atomic mass is 10.2. The first kappa shape index (κ1) is 18.1. The summed E-state index contributed by atoms with van der Waals surface area (Å²) in [6, 6.07) is 5.91. The number of methoxy groups -OCH3 is 3. The van der Waals surface area contributed by atoms with Crippen LogP contribution >= 0.6 is 0 Å². The molecule has 1 unspecified atom stereocenters. The van der Waals surface area contributed by atoms with E-state index >= 15 is 0 Å². The summed E-state index contributed by atoms with van der Waals surface area (Å²) in [6.07, 6.45) is 0. The second-order valence-corrected chi connectivity index (χ2v) is 4.87. The molecule has 1 rings (SSSR count). The molecule has 0 fully saturated rings. The Labute approximate surface area is 132 Å². The van der Waals surface area contributed by atoms with Gasteiger partial charge in [0.05, 0.1) is 27.4 Å². The largest absolute Gasteiger partial charge is 0.497 e. The first-order valence-corrected chi connectivity index (χ1v) is 7.39. The number of nitrogens with one attached hydrogen (secondary N) is 2. The van der Waals surface area contributed by atoms with Gasteiger partial charge in [-0.3, -0.25) is 0 Å². The van der Waals surface area contributed by atoms with Crippen LogP contribution in [-0.4, -0.2) is 46.5 Å². The predicted octanol–water partition coefficient (Wildman–Crippen LogP) is 1.79. The molecule has 0 bridgehead atoms. The monoisotopic (exact) mass is 309 g/mol. The van der Waals surface area contributed by atoms with E-state index in [0.717, 1.165) is 29.6 Å². The third-order valence-corrected chi connectivity index (χ3v) is 3.05. The van der Waals surface area contributed by atoms with Gasteiger partial charge in [-0.1, -0.05) is 0 Å². The maximum Gasteiger partial charge on any atom is 0.191 e. The Bertz CT molecular complexity index is 478. The summed E-state index contributed by atoms with van der Waals surface area (Å²) in [6.45, 7) is 6.01. The van der Waals surface area contributed by atoms with Crippen LogP contribution in [0.5, 0.6) is 11.5 Å². The molecule has 0 aliphatic carbocycles. The van der Waals surface area contributed by atoms with Gasteiger partial charge in [0.15, 0.2) is 5.96 Å². The molecule has 0 radical (unpaired) electrons. The summed E-state index contributed by atoms with van der Waals surface area (Å²) >= 11 is 0. The topological polar surface area (TPSA) is 64.1 Å². The molecule has 0 spiro atoms. The minimum Gasteiger partial charge on any atom is -0.497 e. The van der Waals surface area contributed by atoms with Gasteiger partial charge in [0.1, 0.15) is 11.5 Å². The van der Waals surface area contributed by atoms with E-state index in [-0.39, 0.29) is 6.04 Å². The van der Waals surface area contributed by atoms with Gasteiger partial charge in [0.2, 0.25) is 0 Å². The van der Waals surface area contributed by atoms with Crippen molar-refractivity contribution in [2.24, 2.45) is 4.99 Å². The molecule has 2 N–H and O–H groups in total. The molecule has 0 amide bonds. The SMILES string of the molecule is CCNC(=NCc1ccc(OC)cc1OC)NC(C)COC. The zero-order valence-electron chi connectivity index (χ0n) is 14.1. The van der Waals surface area contributed by atoms with Crippen LogP contribution < -0.4 is 20.1 Å². The van der Waals surface area contributed by atoms with Crippen molar-refractivity contribution in [1.29, 1.82) is 0 Å². The number of aliphatic imine (C=N–C) groups is 1. The van der Waals surface area contributed by atoms with Crippen LogP contribution in [0.25, 0.3) is 0 Å². The molecule has 0 saturated heterocycles. The quantitative estimate of drug-likeness (QED) is 0.566. The number of benzene rings is 1. The van der Waals surface area contributed by atoms with Crippen molar-refractivity contribution in [2.75, 3.05) is 34.5 Å². The fourth-order valence-corrected chi connectivity index (χ4v) is 1.99. The minimum absolute atomic E-state index is 0.181. The third kappa shape index (κ3) is 5.81. The van der Waals surface area contributed by atoms with Crippen molar-refractivity contribution >= 4 is 5.96 Å². The Kier molecular flexibility index (Phi) is 8.14. The Morgan fingerprint density at radius 3 is 2.59 bits per heavy atom. The van der Waals surface area contributed by atoms with Crippen LogP contribution in [0.4, 0.5) is 0 Å². The van der Waals surface area contributed by atoms with E-state index < -0.39 is 0 Å². The fraction of sp³-hybridized carbons (Fsp3) is 0.562. The summed E-state index contributed by atoms with van der Waals surface area (Å²) in [5.74, 6) is 2.29. The highest BCUT2D eigenvalue weighted by Crippen LogP contribution is 2.25. The average Bonchev–Trinajstić information content (AvgIpc) is 2.52. The number of rotatable bonds is 8. The van der Waals surface area contributed by atoms with E-state index in [1.807, 2.05) is 32.0 Å². The maximum atomic E-state index is 5.39. The summed E-state index contributed by atoms with van der Waals surface area (Å²) in [4.78, 5) is 4.59. The highest BCUT2D eigenvalue weighted by atomic mass is 16.5. The number of ether oxygens (including phenoxy) is 3. The molecule has 0 aromatic heterocycles. The van der Waals surface area contributed by atoms with Gasteiger partial charge >= 0.3 is 0 Å². The zero-order valence-corrected chi connectivity index (χ0v) is 14.1. The Hall–Kier alpha value is -1.95. The molecule has 1 atom stereocenters. The van der Waals surface area contributed by atoms with E-state index in [1.54, 1.807) is 21.3 Å². The molecular weight excluding hydrogens is 282 g/mol. The average molecular weight is 309 g/mol. The van der Waals surface area contributed by atoms with E-state index in [0.29, 0.717) is 13.2 Å². The van der Waals surface area contributed by atoms with Crippen LogP contribution in [0.2, 0.25) is 0 Å². The van der Waals surface area contributed by atoms with Crippen LogP contribution in [0.15, 0.2) is 23.2 Å². The molecule has 0 aliphatic heterocycles. The van der Waals surface area contributed by atoms with Gasteiger partial charge in [0, 0.05) is 31.3 Å². The second kappa shape index (κ2) is 9.89. The third-order valence-electron chi connectivity index (χ3n) is 3.05. The first-order chi connectivity index (χ1) is 10.6. The van der Waals surface area contributed by atoms with E-state index in [2.05, 4.69) is 15.6 Å². The van der Waals surface area contributed by atoms with Gasteiger partial charge in [-0.2, -0.15) is 0 Å². The van der Waals surface area contributed by atoms with Gasteiger partial charge < -0.3 is 24.8 Å². The van der Waals surface area contributed by atoms with Crippen molar-refractivity contribution in [3.63, 3.8) is 0 Å². The molecule has 0 aliphatic rings. The molecule has 22 heavy (non-hydrogen) atoms. The molecule has 6 nitrogen and oxygen atoms in total. The number of hydrogen-bond acceptors (Lipinski definition) is 4. The van der Waals surface area contributed by atoms with Gasteiger partial charge in [0.25, 0.3) is 0 Å². The van der Waals surface area contributed by atoms with Gasteiger partial charge in [-0.05, 0) is 26.0 Å². The molecule has 0 saturated carbocycles. The van der Waals surface area contributed by atoms with E-state index in [4.69, 9.17) is 14.2 Å². The smallest absolute Gasteiger partial charge is 0.191 e. The van der Waals surface area contributed by atoms with E-state index in [1.165, 1.54) is 0 Å². The minimum atomic E-state index is 0.181. The summed E-state index contributed by atoms with van der Waals surface area (Å²) in [5, 5.41) is 6.52. The lowest BCUT2D eigenvalue weighted by molar-refractivity contribution is 0.179. The van der Waals surface area contributed by atoms with E-state index in [9.17, 15) is 0 Å². The zero-order chi connectivity index (χ0) is 16.4. The number of guanidine groups is 1. The molecular formula is C16H27N3O3. The molecule has 124 valence electrons. The van der Waals surface area contributed by atoms with Crippen molar-refractivity contribution in [3.8, 4) is 11.5 Å². The molecule has 1 aromatic rings. The van der Waals surface area contributed by atoms with Crippen molar-refractivity contribution in [3.05, 3.63) is 23.8 Å². The second-order valence-electron chi connectivity index (χ2n) is 4.87. The molecule has 1 aromatic carbocycles. The highest BCUT2D eigenvalue weighted by molar-refractivity contribution is 5.80. The highest BCUT2D eigenvalue weighted by Gasteiger charge is 2.07. The van der Waals surface area contributed by atoms with Gasteiger partial charge in [-0.25, -0.2) is 4.99 Å². The molecule has 6 heteroatoms. The lowest BCUT2D eigenvalue weighted by Crippen LogP contribution is -2.43. The standard InChI is InChI=1S/C16H27N3O3/c1-6-17-16(19-12(2)11-20-3)18-10-13-7-8-14(21-4)9-15(13)22-5/h7-9,12H,6,10-11H2,1-5H3,(H2,17,18,19). The fourth-order valence-electron chi connectivity index (χ4n) is 1.99. The Morgan fingerprint density at radius 2 is 2.00 bits per heavy atom. The lowest BCUT2D eigenvalue weighted by Gasteiger charge is -2.17. The Balaban J connectivity index is 2.80. The van der Waals surface area contributed by atoms with Crippen LogP contribution in [-0.2, 0) is 11.3 Å². The van der Waals surface area contributed by atoms with Crippen LogP contribution in [0, 0.1) is 0 Å². The van der Waals surface area contributed by atoms with Crippen molar-refractivity contribution < 1.29 is 14.2 Å². The van der Waals surface area contributed by atoms with Crippen LogP contribution in [0.1, 0.15) is 19.4 Å². The van der Waals surface area contributed by atoms with Crippen LogP contribution in [0.3, 0.4) is 0 Å². The normalized spacial score (nSPS) is 12.7. The first-order valence-electron chi connectivity index (χ1n) is 7.39. The molecule has 0 heterocycles. The number of nitrogens with zero attached hydrogens (tertiary/aromatic N) is 1. The predicted molar refractivity (Wildman–Crippen MR) is 88.8 cm³/mol. The number of hydrogen-bond donors (Lipinski definition) is 2. The summed E-state index contributed by atoms with van der Waals surface area (Å²) in [7, 11) is 4.97. The van der Waals surface area contributed by atoms with Gasteiger partial charge in [-0.15, -0.1) is 0 Å².